The van der Waals surface area contributed by atoms with Crippen LogP contribution >= 0.6 is 0 Å². The third-order valence-electron chi connectivity index (χ3n) is 5.70. The molecule has 3 fully saturated rings. The highest BCUT2D eigenvalue weighted by Gasteiger charge is 2.29. The molecule has 0 bridgehead atoms. The number of hydrogen-bond acceptors (Lipinski definition) is 7. The molecule has 0 spiro atoms. The molecule has 1 saturated carbocycles. The van der Waals surface area contributed by atoms with Gasteiger partial charge >= 0.3 is 0 Å². The van der Waals surface area contributed by atoms with E-state index in [1.807, 2.05) is 23.1 Å². The molecule has 0 aromatic carbocycles. The predicted molar refractivity (Wildman–Crippen MR) is 104 cm³/mol. The van der Waals surface area contributed by atoms with Gasteiger partial charge in [0.2, 0.25) is 0 Å². The Morgan fingerprint density at radius 1 is 0.964 bits per heavy atom. The Balaban J connectivity index is 1.17. The van der Waals surface area contributed by atoms with Gasteiger partial charge < -0.3 is 19.4 Å². The number of morpholine rings is 1. The largest absolute Gasteiger partial charge is 0.378 e. The maximum absolute atomic E-state index is 12.7. The van der Waals surface area contributed by atoms with Crippen LogP contribution in [0.3, 0.4) is 0 Å². The topological polar surface area (TPSA) is 90.5 Å². The van der Waals surface area contributed by atoms with Crippen molar-refractivity contribution in [2.45, 2.75) is 18.8 Å². The molecule has 5 rings (SSSR count). The number of ether oxygens (including phenoxy) is 1. The first-order chi connectivity index (χ1) is 13.8. The van der Waals surface area contributed by atoms with Crippen molar-refractivity contribution in [2.75, 3.05) is 62.3 Å². The smallest absolute Gasteiger partial charge is 0.274 e. The molecule has 1 N–H and O–H groups in total. The third-order valence-corrected chi connectivity index (χ3v) is 5.70. The van der Waals surface area contributed by atoms with Gasteiger partial charge in [0.05, 0.1) is 13.2 Å². The second-order valence-electron chi connectivity index (χ2n) is 7.61. The summed E-state index contributed by atoms with van der Waals surface area (Å²) in [5.74, 6) is 2.34. The number of anilines is 2. The first-order valence-electron chi connectivity index (χ1n) is 10.0. The van der Waals surface area contributed by atoms with Crippen LogP contribution in [0, 0.1) is 0 Å². The number of piperazine rings is 1. The number of aromatic amines is 1. The summed E-state index contributed by atoms with van der Waals surface area (Å²) in [6.45, 7) is 5.99. The van der Waals surface area contributed by atoms with Gasteiger partial charge in [-0.3, -0.25) is 9.89 Å². The molecule has 9 nitrogen and oxygen atoms in total. The van der Waals surface area contributed by atoms with Crippen molar-refractivity contribution in [3.8, 4) is 0 Å². The van der Waals surface area contributed by atoms with E-state index < -0.39 is 0 Å². The Bertz CT molecular complexity index is 819. The lowest BCUT2D eigenvalue weighted by atomic mass is 10.2. The summed E-state index contributed by atoms with van der Waals surface area (Å²) >= 11 is 0. The molecule has 1 amide bonds. The minimum atomic E-state index is 0.0107. The molecule has 9 heteroatoms. The summed E-state index contributed by atoms with van der Waals surface area (Å²) in [4.78, 5) is 18.9. The number of amides is 1. The number of nitrogens with zero attached hydrogens (tertiary/aromatic N) is 6. The number of nitrogens with one attached hydrogen (secondary N) is 1. The van der Waals surface area contributed by atoms with E-state index >= 15 is 0 Å². The fourth-order valence-electron chi connectivity index (χ4n) is 3.80. The monoisotopic (exact) mass is 383 g/mol. The standard InChI is InChI=1S/C19H25N7O2/c27-19(16-13-15(20-21-16)14-1-2-14)26-7-5-24(6-8-26)17-3-4-18(23-22-17)25-9-11-28-12-10-25/h3-4,13-14H,1-2,5-12H2,(H,20,21). The minimum absolute atomic E-state index is 0.0107. The molecule has 2 aliphatic heterocycles. The van der Waals surface area contributed by atoms with Crippen molar-refractivity contribution in [3.05, 3.63) is 29.6 Å². The van der Waals surface area contributed by atoms with Crippen LogP contribution in [0.4, 0.5) is 11.6 Å². The Morgan fingerprint density at radius 2 is 1.61 bits per heavy atom. The molecule has 0 radical (unpaired) electrons. The maximum Gasteiger partial charge on any atom is 0.274 e. The molecule has 2 aromatic rings. The van der Waals surface area contributed by atoms with Gasteiger partial charge in [-0.25, -0.2) is 0 Å². The number of H-pyrrole nitrogens is 1. The fourth-order valence-corrected chi connectivity index (χ4v) is 3.80. The van der Waals surface area contributed by atoms with E-state index in [-0.39, 0.29) is 5.91 Å². The van der Waals surface area contributed by atoms with Gasteiger partial charge in [0.15, 0.2) is 11.6 Å². The zero-order chi connectivity index (χ0) is 18.9. The first kappa shape index (κ1) is 17.4. The van der Waals surface area contributed by atoms with Gasteiger partial charge in [-0.15, -0.1) is 10.2 Å². The van der Waals surface area contributed by atoms with E-state index in [4.69, 9.17) is 4.74 Å². The Morgan fingerprint density at radius 3 is 2.21 bits per heavy atom. The van der Waals surface area contributed by atoms with Crippen LogP contribution < -0.4 is 9.80 Å². The summed E-state index contributed by atoms with van der Waals surface area (Å²) in [5.41, 5.74) is 1.63. The molecule has 2 aromatic heterocycles. The van der Waals surface area contributed by atoms with E-state index in [9.17, 15) is 4.79 Å². The Labute approximate surface area is 163 Å². The van der Waals surface area contributed by atoms with Crippen LogP contribution in [-0.2, 0) is 4.74 Å². The summed E-state index contributed by atoms with van der Waals surface area (Å²) in [7, 11) is 0. The average molecular weight is 383 g/mol. The van der Waals surface area contributed by atoms with Gasteiger partial charge in [0.1, 0.15) is 5.69 Å². The van der Waals surface area contributed by atoms with E-state index in [1.165, 1.54) is 12.8 Å². The zero-order valence-corrected chi connectivity index (χ0v) is 15.9. The number of hydrogen-bond donors (Lipinski definition) is 1. The van der Waals surface area contributed by atoms with Crippen molar-refractivity contribution >= 4 is 17.5 Å². The summed E-state index contributed by atoms with van der Waals surface area (Å²) in [5, 5.41) is 16.0. The molecule has 0 unspecified atom stereocenters. The highest BCUT2D eigenvalue weighted by atomic mass is 16.5. The normalized spacial score (nSPS) is 20.5. The molecule has 0 atom stereocenters. The minimum Gasteiger partial charge on any atom is -0.378 e. The van der Waals surface area contributed by atoms with Crippen molar-refractivity contribution in [2.24, 2.45) is 0 Å². The lowest BCUT2D eigenvalue weighted by molar-refractivity contribution is 0.0740. The molecule has 2 saturated heterocycles. The highest BCUT2D eigenvalue weighted by molar-refractivity contribution is 5.92. The van der Waals surface area contributed by atoms with Crippen molar-refractivity contribution in [1.82, 2.24) is 25.3 Å². The molecule has 4 heterocycles. The van der Waals surface area contributed by atoms with E-state index in [1.54, 1.807) is 0 Å². The van der Waals surface area contributed by atoms with E-state index in [0.717, 1.165) is 56.7 Å². The molecule has 148 valence electrons. The van der Waals surface area contributed by atoms with E-state index in [0.29, 0.717) is 24.7 Å². The van der Waals surface area contributed by atoms with Crippen molar-refractivity contribution in [3.63, 3.8) is 0 Å². The van der Waals surface area contributed by atoms with Gasteiger partial charge in [-0.1, -0.05) is 0 Å². The first-order valence-corrected chi connectivity index (χ1v) is 10.0. The lowest BCUT2D eigenvalue weighted by Gasteiger charge is -2.35. The number of carbonyl (C=O) groups is 1. The van der Waals surface area contributed by atoms with Crippen LogP contribution in [0.25, 0.3) is 0 Å². The predicted octanol–water partition coefficient (Wildman–Crippen LogP) is 0.876. The Hall–Kier alpha value is -2.68. The second kappa shape index (κ2) is 7.38. The molecular weight excluding hydrogens is 358 g/mol. The molecular formula is C19H25N7O2. The fraction of sp³-hybridized carbons (Fsp3) is 0.579. The lowest BCUT2D eigenvalue weighted by Crippen LogP contribution is -2.49. The quantitative estimate of drug-likeness (QED) is 0.838. The van der Waals surface area contributed by atoms with Crippen LogP contribution in [0.5, 0.6) is 0 Å². The molecule has 3 aliphatic rings. The number of rotatable bonds is 4. The van der Waals surface area contributed by atoms with Crippen molar-refractivity contribution < 1.29 is 9.53 Å². The van der Waals surface area contributed by atoms with Gasteiger partial charge in [-0.2, -0.15) is 5.10 Å². The second-order valence-corrected chi connectivity index (χ2v) is 7.61. The SMILES string of the molecule is O=C(c1cc(C2CC2)[nH]n1)N1CCN(c2ccc(N3CCOCC3)nn2)CC1. The van der Waals surface area contributed by atoms with Gasteiger partial charge in [0.25, 0.3) is 5.91 Å². The summed E-state index contributed by atoms with van der Waals surface area (Å²) in [6.07, 6.45) is 2.39. The molecule has 28 heavy (non-hydrogen) atoms. The van der Waals surface area contributed by atoms with Crippen molar-refractivity contribution in [1.29, 1.82) is 0 Å². The average Bonchev–Trinajstić information content (AvgIpc) is 3.51. The third kappa shape index (κ3) is 3.54. The van der Waals surface area contributed by atoms with Crippen LogP contribution in [0.2, 0.25) is 0 Å². The van der Waals surface area contributed by atoms with Crippen LogP contribution in [-0.4, -0.2) is 83.7 Å². The Kier molecular flexibility index (Phi) is 4.59. The molecule has 1 aliphatic carbocycles. The zero-order valence-electron chi connectivity index (χ0n) is 15.9. The van der Waals surface area contributed by atoms with Crippen LogP contribution in [0.15, 0.2) is 18.2 Å². The van der Waals surface area contributed by atoms with E-state index in [2.05, 4.69) is 30.2 Å². The van der Waals surface area contributed by atoms with Gasteiger partial charge in [0, 0.05) is 50.9 Å². The summed E-state index contributed by atoms with van der Waals surface area (Å²) in [6, 6.07) is 5.96. The number of aromatic nitrogens is 4. The maximum atomic E-state index is 12.7. The summed E-state index contributed by atoms with van der Waals surface area (Å²) < 4.78 is 5.38. The van der Waals surface area contributed by atoms with Gasteiger partial charge in [-0.05, 0) is 31.0 Å². The number of carbonyl (C=O) groups excluding carboxylic acids is 1. The highest BCUT2D eigenvalue weighted by Crippen LogP contribution is 2.39. The van der Waals surface area contributed by atoms with Crippen LogP contribution in [0.1, 0.15) is 34.9 Å².